The van der Waals surface area contributed by atoms with Crippen molar-refractivity contribution in [1.29, 1.82) is 0 Å². The zero-order valence-electron chi connectivity index (χ0n) is 9.02. The molecule has 82 valence electrons. The van der Waals surface area contributed by atoms with Gasteiger partial charge in [0.05, 0.1) is 18.1 Å². The molecule has 2 atom stereocenters. The number of aliphatic hydroxyl groups excluding tert-OH is 1. The molecule has 0 radical (unpaired) electrons. The second-order valence-corrected chi connectivity index (χ2v) is 4.87. The number of fused-ring (bicyclic) bond motifs is 1. The van der Waals surface area contributed by atoms with Crippen LogP contribution >= 0.6 is 0 Å². The molecule has 3 nitrogen and oxygen atoms in total. The van der Waals surface area contributed by atoms with Crippen molar-refractivity contribution < 1.29 is 5.11 Å². The molecule has 0 spiro atoms. The van der Waals surface area contributed by atoms with Gasteiger partial charge < -0.3 is 9.67 Å². The average Bonchev–Trinajstić information content (AvgIpc) is 2.83. The molecule has 0 aliphatic heterocycles. The van der Waals surface area contributed by atoms with Gasteiger partial charge in [0.25, 0.3) is 0 Å². The molecule has 2 aliphatic carbocycles. The largest absolute Gasteiger partial charge is 0.393 e. The van der Waals surface area contributed by atoms with Crippen LogP contribution in [0.5, 0.6) is 0 Å². The highest BCUT2D eigenvalue weighted by molar-refractivity contribution is 5.17. The fourth-order valence-corrected chi connectivity index (χ4v) is 2.99. The maximum absolute atomic E-state index is 9.57. The minimum absolute atomic E-state index is 0.0864. The van der Waals surface area contributed by atoms with Gasteiger partial charge in [0, 0.05) is 11.7 Å². The number of hydrogen-bond acceptors (Lipinski definition) is 2. The zero-order valence-corrected chi connectivity index (χ0v) is 9.02. The first-order valence-corrected chi connectivity index (χ1v) is 6.07. The molecule has 3 heteroatoms. The third-order valence-electron chi connectivity index (χ3n) is 3.83. The first-order valence-electron chi connectivity index (χ1n) is 6.07. The van der Waals surface area contributed by atoms with Crippen molar-refractivity contribution in [2.45, 2.75) is 57.1 Å². The standard InChI is InChI=1S/C12H18N2O/c15-10-6-5-9(7-10)14-8-13-11-3-1-2-4-12(11)14/h8-10,15H,1-7H2. The molecule has 0 bridgehead atoms. The number of imidazole rings is 1. The highest BCUT2D eigenvalue weighted by atomic mass is 16.3. The Morgan fingerprint density at radius 2 is 2.13 bits per heavy atom. The minimum atomic E-state index is -0.0864. The van der Waals surface area contributed by atoms with Crippen molar-refractivity contribution in [3.63, 3.8) is 0 Å². The summed E-state index contributed by atoms with van der Waals surface area (Å²) in [5, 5.41) is 9.57. The van der Waals surface area contributed by atoms with E-state index in [4.69, 9.17) is 0 Å². The van der Waals surface area contributed by atoms with Crippen molar-refractivity contribution in [3.05, 3.63) is 17.7 Å². The first kappa shape index (κ1) is 9.40. The van der Waals surface area contributed by atoms with Gasteiger partial charge in [-0.1, -0.05) is 0 Å². The average molecular weight is 206 g/mol. The van der Waals surface area contributed by atoms with Crippen LogP contribution in [0.4, 0.5) is 0 Å². The molecule has 0 saturated heterocycles. The Morgan fingerprint density at radius 1 is 1.27 bits per heavy atom. The number of aromatic nitrogens is 2. The summed E-state index contributed by atoms with van der Waals surface area (Å²) in [5.41, 5.74) is 2.75. The van der Waals surface area contributed by atoms with Crippen molar-refractivity contribution in [2.24, 2.45) is 0 Å². The molecule has 1 N–H and O–H groups in total. The highest BCUT2D eigenvalue weighted by Crippen LogP contribution is 2.33. The number of aryl methyl sites for hydroxylation is 1. The van der Waals surface area contributed by atoms with Crippen LogP contribution in [0.15, 0.2) is 6.33 Å². The van der Waals surface area contributed by atoms with E-state index in [-0.39, 0.29) is 6.10 Å². The Morgan fingerprint density at radius 3 is 2.93 bits per heavy atom. The number of rotatable bonds is 1. The maximum Gasteiger partial charge on any atom is 0.0954 e. The number of aliphatic hydroxyl groups is 1. The molecule has 1 aromatic rings. The Hall–Kier alpha value is -0.830. The van der Waals surface area contributed by atoms with Crippen LogP contribution in [-0.2, 0) is 12.8 Å². The summed E-state index contributed by atoms with van der Waals surface area (Å²) in [7, 11) is 0. The predicted octanol–water partition coefficient (Wildman–Crippen LogP) is 1.85. The van der Waals surface area contributed by atoms with Gasteiger partial charge in [0.1, 0.15) is 0 Å². The molecular weight excluding hydrogens is 188 g/mol. The monoisotopic (exact) mass is 206 g/mol. The van der Waals surface area contributed by atoms with Gasteiger partial charge in [-0.05, 0) is 44.9 Å². The second-order valence-electron chi connectivity index (χ2n) is 4.87. The smallest absolute Gasteiger partial charge is 0.0954 e. The topological polar surface area (TPSA) is 38.0 Å². The quantitative estimate of drug-likeness (QED) is 0.761. The van der Waals surface area contributed by atoms with Crippen LogP contribution in [0.3, 0.4) is 0 Å². The molecule has 0 amide bonds. The van der Waals surface area contributed by atoms with Crippen LogP contribution in [0.25, 0.3) is 0 Å². The third-order valence-corrected chi connectivity index (χ3v) is 3.83. The molecule has 3 rings (SSSR count). The van der Waals surface area contributed by atoms with E-state index < -0.39 is 0 Å². The summed E-state index contributed by atoms with van der Waals surface area (Å²) < 4.78 is 2.34. The SMILES string of the molecule is OC1CCC(n2cnc3c2CCCC3)C1. The van der Waals surface area contributed by atoms with E-state index in [0.29, 0.717) is 6.04 Å². The van der Waals surface area contributed by atoms with Crippen molar-refractivity contribution >= 4 is 0 Å². The summed E-state index contributed by atoms with van der Waals surface area (Å²) in [6.45, 7) is 0. The molecule has 15 heavy (non-hydrogen) atoms. The van der Waals surface area contributed by atoms with E-state index in [9.17, 15) is 5.11 Å². The lowest BCUT2D eigenvalue weighted by Gasteiger charge is -2.18. The van der Waals surface area contributed by atoms with E-state index in [2.05, 4.69) is 9.55 Å². The van der Waals surface area contributed by atoms with Crippen LogP contribution in [0.2, 0.25) is 0 Å². The molecule has 1 heterocycles. The molecule has 2 aliphatic rings. The molecule has 1 aromatic heterocycles. The van der Waals surface area contributed by atoms with Crippen molar-refractivity contribution in [3.8, 4) is 0 Å². The molecular formula is C12H18N2O. The lowest BCUT2D eigenvalue weighted by Crippen LogP contribution is -2.12. The summed E-state index contributed by atoms with van der Waals surface area (Å²) >= 11 is 0. The lowest BCUT2D eigenvalue weighted by molar-refractivity contribution is 0.178. The molecule has 0 aromatic carbocycles. The summed E-state index contributed by atoms with van der Waals surface area (Å²) in [6.07, 6.45) is 9.82. The first-order chi connectivity index (χ1) is 7.34. The normalized spacial score (nSPS) is 30.5. The van der Waals surface area contributed by atoms with E-state index in [1.807, 2.05) is 6.33 Å². The van der Waals surface area contributed by atoms with Gasteiger partial charge in [-0.3, -0.25) is 0 Å². The van der Waals surface area contributed by atoms with E-state index >= 15 is 0 Å². The van der Waals surface area contributed by atoms with Gasteiger partial charge in [0.15, 0.2) is 0 Å². The van der Waals surface area contributed by atoms with Crippen LogP contribution in [0.1, 0.15) is 49.5 Å². The van der Waals surface area contributed by atoms with Gasteiger partial charge in [0.2, 0.25) is 0 Å². The Kier molecular flexibility index (Phi) is 2.28. The van der Waals surface area contributed by atoms with Gasteiger partial charge in [-0.15, -0.1) is 0 Å². The van der Waals surface area contributed by atoms with Gasteiger partial charge >= 0.3 is 0 Å². The van der Waals surface area contributed by atoms with Gasteiger partial charge in [-0.25, -0.2) is 4.98 Å². The maximum atomic E-state index is 9.57. The Labute approximate surface area is 90.1 Å². The summed E-state index contributed by atoms with van der Waals surface area (Å²) in [4.78, 5) is 4.51. The third kappa shape index (κ3) is 1.59. The molecule has 2 unspecified atom stereocenters. The van der Waals surface area contributed by atoms with Gasteiger partial charge in [-0.2, -0.15) is 0 Å². The summed E-state index contributed by atoms with van der Waals surface area (Å²) in [5.74, 6) is 0. The Balaban J connectivity index is 1.88. The van der Waals surface area contributed by atoms with Crippen molar-refractivity contribution in [2.75, 3.05) is 0 Å². The second kappa shape index (κ2) is 3.63. The van der Waals surface area contributed by atoms with E-state index in [1.165, 1.54) is 30.7 Å². The number of nitrogens with zero attached hydrogens (tertiary/aromatic N) is 2. The fraction of sp³-hybridized carbons (Fsp3) is 0.750. The zero-order chi connectivity index (χ0) is 10.3. The minimum Gasteiger partial charge on any atom is -0.393 e. The fourth-order valence-electron chi connectivity index (χ4n) is 2.99. The van der Waals surface area contributed by atoms with Crippen LogP contribution in [0, 0.1) is 0 Å². The van der Waals surface area contributed by atoms with E-state index in [1.54, 1.807) is 0 Å². The predicted molar refractivity (Wildman–Crippen MR) is 57.8 cm³/mol. The number of hydrogen-bond donors (Lipinski definition) is 1. The lowest BCUT2D eigenvalue weighted by atomic mass is 10.0. The highest BCUT2D eigenvalue weighted by Gasteiger charge is 2.27. The molecule has 1 saturated carbocycles. The van der Waals surface area contributed by atoms with Crippen LogP contribution < -0.4 is 0 Å². The van der Waals surface area contributed by atoms with E-state index in [0.717, 1.165) is 25.7 Å². The molecule has 1 fully saturated rings. The Bertz CT molecular complexity index is 359. The van der Waals surface area contributed by atoms with Crippen molar-refractivity contribution in [1.82, 2.24) is 9.55 Å². The van der Waals surface area contributed by atoms with Crippen LogP contribution in [-0.4, -0.2) is 20.8 Å². The summed E-state index contributed by atoms with van der Waals surface area (Å²) in [6, 6.07) is 0.509.